The van der Waals surface area contributed by atoms with Crippen molar-refractivity contribution in [2.24, 2.45) is 0 Å². The van der Waals surface area contributed by atoms with Gasteiger partial charge in [-0.3, -0.25) is 9.78 Å². The molecule has 1 aliphatic heterocycles. The van der Waals surface area contributed by atoms with Crippen LogP contribution in [-0.2, 0) is 9.53 Å². The lowest BCUT2D eigenvalue weighted by atomic mass is 9.93. The van der Waals surface area contributed by atoms with Crippen LogP contribution in [0, 0.1) is 0 Å². The summed E-state index contributed by atoms with van der Waals surface area (Å²) in [6.07, 6.45) is 7.29. The lowest BCUT2D eigenvalue weighted by molar-refractivity contribution is -0.120. The molecule has 1 saturated heterocycles. The molecule has 144 valence electrons. The molecule has 1 aromatic heterocycles. The Morgan fingerprint density at radius 1 is 1.15 bits per heavy atom. The number of fused-ring (bicyclic) bond motifs is 1. The zero-order valence-electron chi connectivity index (χ0n) is 15.7. The van der Waals surface area contributed by atoms with E-state index in [4.69, 9.17) is 9.47 Å². The number of ether oxygens (including phenoxy) is 2. The zero-order valence-corrected chi connectivity index (χ0v) is 15.7. The number of hydrogen-bond donors (Lipinski definition) is 1. The molecule has 2 heterocycles. The summed E-state index contributed by atoms with van der Waals surface area (Å²) >= 11 is 0. The Kier molecular flexibility index (Phi) is 5.38. The molecule has 1 aliphatic carbocycles. The monoisotopic (exact) mass is 370 g/mol. The van der Waals surface area contributed by atoms with Crippen LogP contribution in [0.15, 0.2) is 24.5 Å². The summed E-state index contributed by atoms with van der Waals surface area (Å²) in [5.74, 6) is 0.837. The van der Waals surface area contributed by atoms with Gasteiger partial charge < -0.3 is 19.7 Å². The number of hydrogen-bond acceptors (Lipinski definition) is 6. The maximum Gasteiger partial charge on any atom is 0.217 e. The highest BCUT2D eigenvalue weighted by Crippen LogP contribution is 2.32. The van der Waals surface area contributed by atoms with Gasteiger partial charge >= 0.3 is 0 Å². The first-order valence-corrected chi connectivity index (χ1v) is 9.70. The fourth-order valence-electron chi connectivity index (χ4n) is 3.91. The minimum atomic E-state index is 0.0406. The van der Waals surface area contributed by atoms with E-state index in [2.05, 4.69) is 32.3 Å². The highest BCUT2D eigenvalue weighted by Gasteiger charge is 2.24. The normalized spacial score (nSPS) is 23.2. The van der Waals surface area contributed by atoms with Gasteiger partial charge in [0.1, 0.15) is 11.3 Å². The van der Waals surface area contributed by atoms with Crippen LogP contribution in [0.3, 0.4) is 0 Å². The van der Waals surface area contributed by atoms with E-state index >= 15 is 0 Å². The predicted molar refractivity (Wildman–Crippen MR) is 103 cm³/mol. The molecule has 2 aromatic rings. The molecule has 7 nitrogen and oxygen atoms in total. The number of anilines is 1. The predicted octanol–water partition coefficient (Wildman–Crippen LogP) is 2.29. The molecule has 0 spiro atoms. The van der Waals surface area contributed by atoms with E-state index in [-0.39, 0.29) is 18.1 Å². The van der Waals surface area contributed by atoms with Crippen LogP contribution in [0.25, 0.3) is 11.0 Å². The summed E-state index contributed by atoms with van der Waals surface area (Å²) in [7, 11) is 0. The van der Waals surface area contributed by atoms with Gasteiger partial charge in [0.05, 0.1) is 24.8 Å². The number of benzene rings is 1. The molecule has 2 fully saturated rings. The SMILES string of the molecule is CC(=O)N[C@H]1CC[C@@H](Oc2cc(N3CCOCC3)cc3nccnc23)CC1. The van der Waals surface area contributed by atoms with Gasteiger partial charge in [0, 0.05) is 50.2 Å². The summed E-state index contributed by atoms with van der Waals surface area (Å²) in [5, 5.41) is 3.01. The van der Waals surface area contributed by atoms with E-state index in [1.54, 1.807) is 19.3 Å². The van der Waals surface area contributed by atoms with Gasteiger partial charge in [0.15, 0.2) is 0 Å². The molecular weight excluding hydrogens is 344 g/mol. The van der Waals surface area contributed by atoms with Gasteiger partial charge in [-0.15, -0.1) is 0 Å². The van der Waals surface area contributed by atoms with E-state index in [0.29, 0.717) is 0 Å². The molecule has 0 atom stereocenters. The van der Waals surface area contributed by atoms with Gasteiger partial charge in [-0.1, -0.05) is 0 Å². The first kappa shape index (κ1) is 18.0. The highest BCUT2D eigenvalue weighted by atomic mass is 16.5. The third-order valence-electron chi connectivity index (χ3n) is 5.27. The van der Waals surface area contributed by atoms with Crippen LogP contribution in [0.4, 0.5) is 5.69 Å². The lowest BCUT2D eigenvalue weighted by Gasteiger charge is -2.31. The second-order valence-electron chi connectivity index (χ2n) is 7.26. The average molecular weight is 370 g/mol. The number of nitrogens with one attached hydrogen (secondary N) is 1. The molecule has 0 unspecified atom stereocenters. The highest BCUT2D eigenvalue weighted by molar-refractivity contribution is 5.85. The fraction of sp³-hybridized carbons (Fsp3) is 0.550. The van der Waals surface area contributed by atoms with Gasteiger partial charge in [-0.25, -0.2) is 4.98 Å². The van der Waals surface area contributed by atoms with Crippen molar-refractivity contribution in [1.82, 2.24) is 15.3 Å². The summed E-state index contributed by atoms with van der Waals surface area (Å²) in [6.45, 7) is 4.79. The van der Waals surface area contributed by atoms with E-state index in [1.165, 1.54) is 0 Å². The van der Waals surface area contributed by atoms with Gasteiger partial charge in [0.25, 0.3) is 0 Å². The van der Waals surface area contributed by atoms with Crippen molar-refractivity contribution in [1.29, 1.82) is 0 Å². The number of carbonyl (C=O) groups excluding carboxylic acids is 1. The molecular formula is C20H26N4O3. The molecule has 1 saturated carbocycles. The molecule has 0 bridgehead atoms. The Labute approximate surface area is 159 Å². The molecule has 1 N–H and O–H groups in total. The Bertz CT molecular complexity index is 799. The van der Waals surface area contributed by atoms with Crippen LogP contribution in [-0.4, -0.2) is 54.3 Å². The Balaban J connectivity index is 1.53. The minimum absolute atomic E-state index is 0.0406. The first-order valence-electron chi connectivity index (χ1n) is 9.70. The van der Waals surface area contributed by atoms with Crippen molar-refractivity contribution in [3.63, 3.8) is 0 Å². The van der Waals surface area contributed by atoms with Crippen molar-refractivity contribution in [3.8, 4) is 5.75 Å². The number of aromatic nitrogens is 2. The zero-order chi connectivity index (χ0) is 18.6. The summed E-state index contributed by atoms with van der Waals surface area (Å²) < 4.78 is 11.8. The molecule has 27 heavy (non-hydrogen) atoms. The largest absolute Gasteiger partial charge is 0.488 e. The summed E-state index contributed by atoms with van der Waals surface area (Å²) in [4.78, 5) is 22.5. The first-order chi connectivity index (χ1) is 13.2. The van der Waals surface area contributed by atoms with Crippen molar-refractivity contribution >= 4 is 22.6 Å². The summed E-state index contributed by atoms with van der Waals surface area (Å²) in [6, 6.07) is 4.43. The van der Waals surface area contributed by atoms with Crippen LogP contribution < -0.4 is 15.0 Å². The quantitative estimate of drug-likeness (QED) is 0.890. The Morgan fingerprint density at radius 2 is 1.89 bits per heavy atom. The van der Waals surface area contributed by atoms with E-state index in [1.807, 2.05) is 0 Å². The number of nitrogens with zero attached hydrogens (tertiary/aromatic N) is 3. The molecule has 2 aliphatic rings. The third-order valence-corrected chi connectivity index (χ3v) is 5.27. The van der Waals surface area contributed by atoms with Crippen molar-refractivity contribution in [3.05, 3.63) is 24.5 Å². The Morgan fingerprint density at radius 3 is 2.63 bits per heavy atom. The third kappa shape index (κ3) is 4.30. The lowest BCUT2D eigenvalue weighted by Crippen LogP contribution is -2.38. The van der Waals surface area contributed by atoms with Crippen molar-refractivity contribution in [2.45, 2.75) is 44.8 Å². The van der Waals surface area contributed by atoms with E-state index in [0.717, 1.165) is 74.5 Å². The maximum absolute atomic E-state index is 11.2. The number of amides is 1. The molecule has 0 radical (unpaired) electrons. The summed E-state index contributed by atoms with van der Waals surface area (Å²) in [5.41, 5.74) is 2.76. The van der Waals surface area contributed by atoms with Crippen molar-refractivity contribution < 1.29 is 14.3 Å². The van der Waals surface area contributed by atoms with Gasteiger partial charge in [0.2, 0.25) is 5.91 Å². The van der Waals surface area contributed by atoms with Crippen LogP contribution in [0.5, 0.6) is 5.75 Å². The van der Waals surface area contributed by atoms with E-state index < -0.39 is 0 Å². The van der Waals surface area contributed by atoms with Crippen molar-refractivity contribution in [2.75, 3.05) is 31.2 Å². The smallest absolute Gasteiger partial charge is 0.217 e. The number of morpholine rings is 1. The molecule has 1 amide bonds. The topological polar surface area (TPSA) is 76.6 Å². The second-order valence-corrected chi connectivity index (χ2v) is 7.26. The second kappa shape index (κ2) is 8.08. The maximum atomic E-state index is 11.2. The standard InChI is InChI=1S/C20H26N4O3/c1-14(25)23-15-2-4-17(5-3-15)27-19-13-16(24-8-10-26-11-9-24)12-18-20(19)22-7-6-21-18/h6-7,12-13,15,17H,2-5,8-11H2,1H3,(H,23,25)/t15-,17+. The molecule has 7 heteroatoms. The number of carbonyl (C=O) groups is 1. The minimum Gasteiger partial charge on any atom is -0.488 e. The Hall–Kier alpha value is -2.41. The molecule has 1 aromatic carbocycles. The van der Waals surface area contributed by atoms with Crippen LogP contribution in [0.1, 0.15) is 32.6 Å². The average Bonchev–Trinajstić information content (AvgIpc) is 2.70. The van der Waals surface area contributed by atoms with Crippen LogP contribution >= 0.6 is 0 Å². The van der Waals surface area contributed by atoms with Crippen LogP contribution in [0.2, 0.25) is 0 Å². The van der Waals surface area contributed by atoms with Gasteiger partial charge in [-0.2, -0.15) is 0 Å². The van der Waals surface area contributed by atoms with E-state index in [9.17, 15) is 4.79 Å². The molecule has 4 rings (SSSR count). The van der Waals surface area contributed by atoms with Gasteiger partial charge in [-0.05, 0) is 31.7 Å². The number of rotatable bonds is 4. The fourth-order valence-corrected chi connectivity index (χ4v) is 3.91.